The van der Waals surface area contributed by atoms with E-state index in [1.807, 2.05) is 54.6 Å². The van der Waals surface area contributed by atoms with Crippen LogP contribution in [-0.2, 0) is 10.0 Å². The highest BCUT2D eigenvalue weighted by Crippen LogP contribution is 2.33. The second kappa shape index (κ2) is 8.77. The summed E-state index contributed by atoms with van der Waals surface area (Å²) in [5.74, 6) is -0.498. The number of anilines is 1. The molecule has 0 spiro atoms. The quantitative estimate of drug-likeness (QED) is 0.585. The van der Waals surface area contributed by atoms with Crippen LogP contribution in [0.5, 0.6) is 0 Å². The van der Waals surface area contributed by atoms with Gasteiger partial charge in [0, 0.05) is 42.5 Å². The minimum atomic E-state index is -3.40. The van der Waals surface area contributed by atoms with Crippen LogP contribution in [0.3, 0.4) is 0 Å². The molecular formula is C24H26FN3O2S. The first kappa shape index (κ1) is 21.5. The number of nitrogens with one attached hydrogen (secondary N) is 1. The molecule has 2 heterocycles. The zero-order valence-corrected chi connectivity index (χ0v) is 18.4. The van der Waals surface area contributed by atoms with Crippen LogP contribution in [0, 0.1) is 5.95 Å². The number of sulfonamides is 1. The van der Waals surface area contributed by atoms with Crippen molar-refractivity contribution in [2.45, 2.75) is 31.1 Å². The van der Waals surface area contributed by atoms with Gasteiger partial charge in [-0.3, -0.25) is 0 Å². The summed E-state index contributed by atoms with van der Waals surface area (Å²) >= 11 is 0. The van der Waals surface area contributed by atoms with E-state index < -0.39 is 21.2 Å². The Balaban J connectivity index is 1.62. The van der Waals surface area contributed by atoms with E-state index in [9.17, 15) is 12.8 Å². The standard InChI is InChI=1S/C24H26FN3O2S/c1-17(2)31(29,30)27-23-16-28(21-6-4-3-5-7-21)15-22(23)19-10-8-18(9-11-19)20-12-13-24(25)26-14-20/h3-14,17,22-23,27H,15-16H2,1-2H3/t22-,23+/m0/s1. The first-order valence-electron chi connectivity index (χ1n) is 10.4. The maximum atomic E-state index is 13.1. The lowest BCUT2D eigenvalue weighted by atomic mass is 9.93. The van der Waals surface area contributed by atoms with E-state index >= 15 is 0 Å². The molecule has 3 aromatic rings. The Labute approximate surface area is 183 Å². The van der Waals surface area contributed by atoms with Gasteiger partial charge in [0.15, 0.2) is 0 Å². The van der Waals surface area contributed by atoms with Gasteiger partial charge in [-0.15, -0.1) is 0 Å². The molecule has 1 N–H and O–H groups in total. The summed E-state index contributed by atoms with van der Waals surface area (Å²) in [4.78, 5) is 5.94. The Morgan fingerprint density at radius 1 is 0.968 bits per heavy atom. The largest absolute Gasteiger partial charge is 0.369 e. The van der Waals surface area contributed by atoms with Crippen molar-refractivity contribution in [1.82, 2.24) is 9.71 Å². The van der Waals surface area contributed by atoms with Crippen LogP contribution in [0.4, 0.5) is 10.1 Å². The van der Waals surface area contributed by atoms with Gasteiger partial charge in [0.2, 0.25) is 16.0 Å². The van der Waals surface area contributed by atoms with Crippen LogP contribution in [0.25, 0.3) is 11.1 Å². The summed E-state index contributed by atoms with van der Waals surface area (Å²) in [6.45, 7) is 4.69. The Bertz CT molecular complexity index is 1120. The molecule has 7 heteroatoms. The zero-order valence-electron chi connectivity index (χ0n) is 17.6. The number of benzene rings is 2. The summed E-state index contributed by atoms with van der Waals surface area (Å²) in [5.41, 5.74) is 3.91. The number of halogens is 1. The Morgan fingerprint density at radius 2 is 1.65 bits per heavy atom. The minimum absolute atomic E-state index is 0.00845. The van der Waals surface area contributed by atoms with Crippen molar-refractivity contribution in [3.8, 4) is 11.1 Å². The van der Waals surface area contributed by atoms with Gasteiger partial charge >= 0.3 is 0 Å². The number of rotatable bonds is 6. The zero-order chi connectivity index (χ0) is 22.0. The lowest BCUT2D eigenvalue weighted by molar-refractivity contribution is 0.535. The van der Waals surface area contributed by atoms with Crippen LogP contribution in [0.15, 0.2) is 72.9 Å². The van der Waals surface area contributed by atoms with Crippen LogP contribution in [-0.4, -0.2) is 37.8 Å². The number of para-hydroxylation sites is 1. The maximum Gasteiger partial charge on any atom is 0.214 e. The summed E-state index contributed by atoms with van der Waals surface area (Å²) in [6.07, 6.45) is 1.51. The summed E-state index contributed by atoms with van der Waals surface area (Å²) < 4.78 is 41.3. The molecule has 1 fully saturated rings. The third-order valence-electron chi connectivity index (χ3n) is 5.78. The lowest BCUT2D eigenvalue weighted by Gasteiger charge is -2.21. The first-order valence-corrected chi connectivity index (χ1v) is 11.9. The van der Waals surface area contributed by atoms with Crippen LogP contribution in [0.2, 0.25) is 0 Å². The molecule has 0 unspecified atom stereocenters. The molecule has 2 aromatic carbocycles. The molecule has 0 saturated carbocycles. The van der Waals surface area contributed by atoms with Crippen molar-refractivity contribution in [3.05, 3.63) is 84.4 Å². The lowest BCUT2D eigenvalue weighted by Crippen LogP contribution is -2.43. The van der Waals surface area contributed by atoms with Crippen LogP contribution in [0.1, 0.15) is 25.3 Å². The fourth-order valence-corrected chi connectivity index (χ4v) is 4.86. The van der Waals surface area contributed by atoms with Gasteiger partial charge in [-0.1, -0.05) is 42.5 Å². The molecule has 0 bridgehead atoms. The predicted octanol–water partition coefficient (Wildman–Crippen LogP) is 4.19. The molecule has 0 aliphatic carbocycles. The Hall–Kier alpha value is -2.77. The summed E-state index contributed by atoms with van der Waals surface area (Å²) in [7, 11) is -3.40. The molecule has 1 aliphatic rings. The third kappa shape index (κ3) is 4.78. The monoisotopic (exact) mass is 439 g/mol. The van der Waals surface area contributed by atoms with Crippen LogP contribution >= 0.6 is 0 Å². The van der Waals surface area contributed by atoms with Gasteiger partial charge in [-0.25, -0.2) is 18.1 Å². The van der Waals surface area contributed by atoms with E-state index in [-0.39, 0.29) is 12.0 Å². The molecule has 5 nitrogen and oxygen atoms in total. The highest BCUT2D eigenvalue weighted by molar-refractivity contribution is 7.90. The average Bonchev–Trinajstić information content (AvgIpc) is 3.18. The fraction of sp³-hybridized carbons (Fsp3) is 0.292. The third-order valence-corrected chi connectivity index (χ3v) is 7.65. The maximum absolute atomic E-state index is 13.1. The number of hydrogen-bond donors (Lipinski definition) is 1. The second-order valence-corrected chi connectivity index (χ2v) is 10.4. The van der Waals surface area contributed by atoms with Gasteiger partial charge in [0.1, 0.15) is 0 Å². The van der Waals surface area contributed by atoms with Gasteiger partial charge in [-0.2, -0.15) is 4.39 Å². The molecule has 162 valence electrons. The molecule has 1 saturated heterocycles. The number of hydrogen-bond acceptors (Lipinski definition) is 4. The van der Waals surface area contributed by atoms with Crippen molar-refractivity contribution in [2.75, 3.05) is 18.0 Å². The molecule has 2 atom stereocenters. The molecule has 0 radical (unpaired) electrons. The molecule has 0 amide bonds. The van der Waals surface area contributed by atoms with Crippen molar-refractivity contribution < 1.29 is 12.8 Å². The average molecular weight is 440 g/mol. The second-order valence-electron chi connectivity index (χ2n) is 8.16. The molecule has 4 rings (SSSR count). The minimum Gasteiger partial charge on any atom is -0.369 e. The predicted molar refractivity (Wildman–Crippen MR) is 122 cm³/mol. The number of nitrogens with zero attached hydrogens (tertiary/aromatic N) is 2. The van der Waals surface area contributed by atoms with Gasteiger partial charge < -0.3 is 4.90 Å². The highest BCUT2D eigenvalue weighted by Gasteiger charge is 2.37. The normalized spacial score (nSPS) is 19.2. The van der Waals surface area contributed by atoms with E-state index in [4.69, 9.17) is 0 Å². The topological polar surface area (TPSA) is 62.3 Å². The Morgan fingerprint density at radius 3 is 2.26 bits per heavy atom. The van der Waals surface area contributed by atoms with Crippen molar-refractivity contribution >= 4 is 15.7 Å². The number of pyridine rings is 1. The SMILES string of the molecule is CC(C)S(=O)(=O)N[C@@H]1CN(c2ccccc2)C[C@H]1c1ccc(-c2ccc(F)nc2)cc1. The van der Waals surface area contributed by atoms with E-state index in [0.717, 1.165) is 22.4 Å². The molecular weight excluding hydrogens is 413 g/mol. The van der Waals surface area contributed by atoms with Crippen molar-refractivity contribution in [3.63, 3.8) is 0 Å². The van der Waals surface area contributed by atoms with Gasteiger partial charge in [0.05, 0.1) is 5.25 Å². The smallest absolute Gasteiger partial charge is 0.214 e. The molecule has 1 aromatic heterocycles. The van der Waals surface area contributed by atoms with E-state index in [1.54, 1.807) is 19.9 Å². The highest BCUT2D eigenvalue weighted by atomic mass is 32.2. The fourth-order valence-electron chi connectivity index (χ4n) is 3.93. The van der Waals surface area contributed by atoms with E-state index in [0.29, 0.717) is 13.1 Å². The van der Waals surface area contributed by atoms with Crippen LogP contribution < -0.4 is 9.62 Å². The van der Waals surface area contributed by atoms with Gasteiger partial charge in [-0.05, 0) is 49.2 Å². The van der Waals surface area contributed by atoms with E-state index in [2.05, 4.69) is 14.6 Å². The summed E-state index contributed by atoms with van der Waals surface area (Å²) in [6, 6.07) is 20.8. The number of aromatic nitrogens is 1. The van der Waals surface area contributed by atoms with E-state index in [1.165, 1.54) is 12.3 Å². The molecule has 1 aliphatic heterocycles. The van der Waals surface area contributed by atoms with Gasteiger partial charge in [0.25, 0.3) is 0 Å². The Kier molecular flexibility index (Phi) is 6.07. The molecule has 31 heavy (non-hydrogen) atoms. The first-order chi connectivity index (χ1) is 14.8. The van der Waals surface area contributed by atoms with Crippen molar-refractivity contribution in [2.24, 2.45) is 0 Å². The van der Waals surface area contributed by atoms with Crippen molar-refractivity contribution in [1.29, 1.82) is 0 Å². The summed E-state index contributed by atoms with van der Waals surface area (Å²) in [5, 5.41) is -0.493.